The first-order valence-electron chi connectivity index (χ1n) is 8.22. The maximum atomic E-state index is 12.7. The van der Waals surface area contributed by atoms with E-state index in [1.807, 2.05) is 42.5 Å². The maximum absolute atomic E-state index is 12.7. The first kappa shape index (κ1) is 17.0. The summed E-state index contributed by atoms with van der Waals surface area (Å²) in [4.78, 5) is 14.4. The number of sulfone groups is 1. The molecule has 1 aliphatic rings. The number of amides is 1. The lowest BCUT2D eigenvalue weighted by Crippen LogP contribution is -2.39. The molecule has 1 heterocycles. The average molecular weight is 345 g/mol. The summed E-state index contributed by atoms with van der Waals surface area (Å²) in [6.07, 6.45) is 0.513. The molecule has 1 fully saturated rings. The van der Waals surface area contributed by atoms with Crippen LogP contribution < -0.4 is 0 Å². The number of benzene rings is 2. The standard InChI is InChI=1S/C19H23NO3S/c1-19(2,3)24(22,23)17-10-11-20(13-17)18(21)16-9-8-14-6-4-5-7-15(14)12-16/h4-9,12,17H,10-11,13H2,1-3H3. The molecule has 1 unspecified atom stereocenters. The lowest BCUT2D eigenvalue weighted by molar-refractivity contribution is 0.0793. The fraction of sp³-hybridized carbons (Fsp3) is 0.421. The van der Waals surface area contributed by atoms with Gasteiger partial charge in [-0.15, -0.1) is 0 Å². The smallest absolute Gasteiger partial charge is 0.253 e. The SMILES string of the molecule is CC(C)(C)S(=O)(=O)C1CCN(C(=O)c2ccc3ccccc3c2)C1. The number of hydrogen-bond donors (Lipinski definition) is 0. The number of nitrogens with zero attached hydrogens (tertiary/aromatic N) is 1. The molecule has 0 spiro atoms. The summed E-state index contributed by atoms with van der Waals surface area (Å²) in [6.45, 7) is 5.93. The molecule has 1 amide bonds. The molecule has 4 nitrogen and oxygen atoms in total. The number of carbonyl (C=O) groups excluding carboxylic acids is 1. The van der Waals surface area contributed by atoms with Crippen LogP contribution in [0.25, 0.3) is 10.8 Å². The van der Waals surface area contributed by atoms with Crippen molar-refractivity contribution in [2.75, 3.05) is 13.1 Å². The third kappa shape index (κ3) is 2.93. The fourth-order valence-corrected chi connectivity index (χ4v) is 4.96. The van der Waals surface area contributed by atoms with Gasteiger partial charge in [-0.05, 0) is 50.1 Å². The Balaban J connectivity index is 1.81. The van der Waals surface area contributed by atoms with Crippen molar-refractivity contribution in [2.45, 2.75) is 37.2 Å². The van der Waals surface area contributed by atoms with Gasteiger partial charge in [0.05, 0.1) is 10.00 Å². The fourth-order valence-electron chi connectivity index (χ4n) is 3.17. The van der Waals surface area contributed by atoms with Crippen molar-refractivity contribution < 1.29 is 13.2 Å². The first-order chi connectivity index (χ1) is 11.2. The molecule has 0 radical (unpaired) electrons. The Morgan fingerprint density at radius 3 is 2.42 bits per heavy atom. The molecule has 1 atom stereocenters. The molecule has 24 heavy (non-hydrogen) atoms. The third-order valence-corrected chi connectivity index (χ3v) is 7.69. The van der Waals surface area contributed by atoms with Crippen molar-refractivity contribution in [2.24, 2.45) is 0 Å². The van der Waals surface area contributed by atoms with Gasteiger partial charge < -0.3 is 4.90 Å². The largest absolute Gasteiger partial charge is 0.337 e. The van der Waals surface area contributed by atoms with Crippen LogP contribution in [-0.2, 0) is 9.84 Å². The zero-order chi connectivity index (χ0) is 17.5. The minimum atomic E-state index is -3.25. The van der Waals surface area contributed by atoms with Crippen molar-refractivity contribution in [3.05, 3.63) is 48.0 Å². The average Bonchev–Trinajstić information content (AvgIpc) is 3.03. The molecule has 5 heteroatoms. The Morgan fingerprint density at radius 2 is 1.75 bits per heavy atom. The maximum Gasteiger partial charge on any atom is 0.253 e. The van der Waals surface area contributed by atoms with E-state index in [0.29, 0.717) is 18.5 Å². The normalized spacial score (nSPS) is 19.0. The van der Waals surface area contributed by atoms with E-state index < -0.39 is 19.8 Å². The molecule has 3 rings (SSSR count). The summed E-state index contributed by atoms with van der Waals surface area (Å²) < 4.78 is 24.4. The third-order valence-electron chi connectivity index (χ3n) is 4.72. The summed E-state index contributed by atoms with van der Waals surface area (Å²) in [5.74, 6) is -0.0904. The number of hydrogen-bond acceptors (Lipinski definition) is 3. The van der Waals surface area contributed by atoms with Crippen LogP contribution in [-0.4, -0.2) is 42.3 Å². The van der Waals surface area contributed by atoms with Gasteiger partial charge in [-0.1, -0.05) is 30.3 Å². The van der Waals surface area contributed by atoms with Gasteiger partial charge in [0.2, 0.25) is 0 Å². The van der Waals surface area contributed by atoms with Crippen LogP contribution in [0.2, 0.25) is 0 Å². The van der Waals surface area contributed by atoms with Gasteiger partial charge in [0, 0.05) is 18.7 Å². The van der Waals surface area contributed by atoms with E-state index in [1.165, 1.54) is 0 Å². The zero-order valence-corrected chi connectivity index (χ0v) is 15.1. The van der Waals surface area contributed by atoms with E-state index in [4.69, 9.17) is 0 Å². The van der Waals surface area contributed by atoms with Crippen LogP contribution in [0.5, 0.6) is 0 Å². The number of fused-ring (bicyclic) bond motifs is 1. The Morgan fingerprint density at radius 1 is 1.08 bits per heavy atom. The molecule has 0 N–H and O–H groups in total. The Hall–Kier alpha value is -1.88. The summed E-state index contributed by atoms with van der Waals surface area (Å²) in [6, 6.07) is 13.5. The molecule has 1 aliphatic heterocycles. The van der Waals surface area contributed by atoms with Gasteiger partial charge in [0.25, 0.3) is 5.91 Å². The minimum Gasteiger partial charge on any atom is -0.337 e. The van der Waals surface area contributed by atoms with E-state index in [9.17, 15) is 13.2 Å². The second-order valence-electron chi connectivity index (χ2n) is 7.38. The lowest BCUT2D eigenvalue weighted by Gasteiger charge is -2.24. The summed E-state index contributed by atoms with van der Waals surface area (Å²) in [7, 11) is -3.25. The van der Waals surface area contributed by atoms with Crippen molar-refractivity contribution in [3.63, 3.8) is 0 Å². The molecular formula is C19H23NO3S. The van der Waals surface area contributed by atoms with E-state index in [1.54, 1.807) is 25.7 Å². The van der Waals surface area contributed by atoms with Crippen LogP contribution >= 0.6 is 0 Å². The molecule has 1 saturated heterocycles. The highest BCUT2D eigenvalue weighted by molar-refractivity contribution is 7.93. The van der Waals surface area contributed by atoms with Crippen LogP contribution in [0.1, 0.15) is 37.6 Å². The predicted molar refractivity (Wildman–Crippen MR) is 96.9 cm³/mol. The summed E-state index contributed by atoms with van der Waals surface area (Å²) >= 11 is 0. The highest BCUT2D eigenvalue weighted by Crippen LogP contribution is 2.28. The summed E-state index contributed by atoms with van der Waals surface area (Å²) in [5.41, 5.74) is 0.613. The Bertz CT molecular complexity index is 881. The van der Waals surface area contributed by atoms with Crippen LogP contribution in [0, 0.1) is 0 Å². The number of carbonyl (C=O) groups is 1. The Kier molecular flexibility index (Phi) is 4.16. The van der Waals surface area contributed by atoms with Crippen LogP contribution in [0.4, 0.5) is 0 Å². The van der Waals surface area contributed by atoms with E-state index in [-0.39, 0.29) is 12.5 Å². The van der Waals surface area contributed by atoms with Gasteiger partial charge >= 0.3 is 0 Å². The molecule has 2 aromatic carbocycles. The minimum absolute atomic E-state index is 0.0904. The lowest BCUT2D eigenvalue weighted by atomic mass is 10.1. The molecule has 2 aromatic rings. The van der Waals surface area contributed by atoms with Gasteiger partial charge in [0.1, 0.15) is 0 Å². The van der Waals surface area contributed by atoms with Gasteiger partial charge in [-0.2, -0.15) is 0 Å². The van der Waals surface area contributed by atoms with Crippen molar-refractivity contribution in [1.82, 2.24) is 4.90 Å². The van der Waals surface area contributed by atoms with E-state index >= 15 is 0 Å². The highest BCUT2D eigenvalue weighted by Gasteiger charge is 2.41. The number of rotatable bonds is 2. The van der Waals surface area contributed by atoms with Crippen LogP contribution in [0.3, 0.4) is 0 Å². The second-order valence-corrected chi connectivity index (χ2v) is 10.4. The van der Waals surface area contributed by atoms with Gasteiger partial charge in [-0.25, -0.2) is 8.42 Å². The van der Waals surface area contributed by atoms with E-state index in [2.05, 4.69) is 0 Å². The van der Waals surface area contributed by atoms with Gasteiger partial charge in [0.15, 0.2) is 9.84 Å². The van der Waals surface area contributed by atoms with Crippen molar-refractivity contribution >= 4 is 26.5 Å². The molecule has 0 saturated carbocycles. The zero-order valence-electron chi connectivity index (χ0n) is 14.3. The summed E-state index contributed by atoms with van der Waals surface area (Å²) in [5, 5.41) is 1.63. The first-order valence-corrected chi connectivity index (χ1v) is 9.76. The molecule has 0 bridgehead atoms. The molecule has 128 valence electrons. The van der Waals surface area contributed by atoms with Crippen molar-refractivity contribution in [3.8, 4) is 0 Å². The Labute approximate surface area is 143 Å². The van der Waals surface area contributed by atoms with Crippen molar-refractivity contribution in [1.29, 1.82) is 0 Å². The molecule has 0 aliphatic carbocycles. The second kappa shape index (κ2) is 5.88. The van der Waals surface area contributed by atoms with Crippen LogP contribution in [0.15, 0.2) is 42.5 Å². The number of likely N-dealkylation sites (tertiary alicyclic amines) is 1. The quantitative estimate of drug-likeness (QED) is 0.839. The van der Waals surface area contributed by atoms with E-state index in [0.717, 1.165) is 10.8 Å². The molecule has 0 aromatic heterocycles. The monoisotopic (exact) mass is 345 g/mol. The molecular weight excluding hydrogens is 322 g/mol. The highest BCUT2D eigenvalue weighted by atomic mass is 32.2. The van der Waals surface area contributed by atoms with Gasteiger partial charge in [-0.3, -0.25) is 4.79 Å². The topological polar surface area (TPSA) is 54.5 Å². The predicted octanol–water partition coefficient (Wildman–Crippen LogP) is 3.27.